The van der Waals surface area contributed by atoms with Crippen LogP contribution < -0.4 is 4.72 Å². The van der Waals surface area contributed by atoms with Gasteiger partial charge in [0, 0.05) is 22.8 Å². The normalized spacial score (nSPS) is 10.6. The molecule has 0 saturated carbocycles. The lowest BCUT2D eigenvalue weighted by Gasteiger charge is -2.06. The molecule has 2 aromatic rings. The van der Waals surface area contributed by atoms with E-state index in [-0.39, 0.29) is 5.97 Å². The third-order valence-electron chi connectivity index (χ3n) is 2.67. The lowest BCUT2D eigenvalue weighted by atomic mass is 10.1. The summed E-state index contributed by atoms with van der Waals surface area (Å²) < 4.78 is 8.19. The molecule has 0 bridgehead atoms. The molecule has 0 radical (unpaired) electrons. The highest BCUT2D eigenvalue weighted by Gasteiger charge is 2.11. The van der Waals surface area contributed by atoms with Gasteiger partial charge in [-0.2, -0.15) is 0 Å². The van der Waals surface area contributed by atoms with E-state index >= 15 is 0 Å². The maximum Gasteiger partial charge on any atom is 0.354 e. The zero-order valence-corrected chi connectivity index (χ0v) is 11.5. The first-order chi connectivity index (χ1) is 8.65. The van der Waals surface area contributed by atoms with Gasteiger partial charge in [0.15, 0.2) is 0 Å². The minimum absolute atomic E-state index is 0.314. The molecule has 1 aromatic carbocycles. The van der Waals surface area contributed by atoms with E-state index in [9.17, 15) is 4.79 Å². The fourth-order valence-electron chi connectivity index (χ4n) is 1.83. The van der Waals surface area contributed by atoms with Crippen LogP contribution in [0, 0.1) is 6.92 Å². The minimum Gasteiger partial charge on any atom is -0.461 e. The average Bonchev–Trinajstić information content (AvgIpc) is 2.73. The summed E-state index contributed by atoms with van der Waals surface area (Å²) in [5, 5.41) is 1.02. The summed E-state index contributed by atoms with van der Waals surface area (Å²) in [6.45, 7) is 4.22. The van der Waals surface area contributed by atoms with Gasteiger partial charge in [0.2, 0.25) is 0 Å². The first kappa shape index (κ1) is 12.8. The van der Waals surface area contributed by atoms with Crippen molar-refractivity contribution in [3.63, 3.8) is 0 Å². The lowest BCUT2D eigenvalue weighted by molar-refractivity contribution is 0.0520. The van der Waals surface area contributed by atoms with Crippen LogP contribution in [-0.4, -0.2) is 23.8 Å². The van der Waals surface area contributed by atoms with Gasteiger partial charge < -0.3 is 14.4 Å². The first-order valence-corrected chi connectivity index (χ1v) is 6.97. The smallest absolute Gasteiger partial charge is 0.354 e. The number of carbonyl (C=O) groups excluding carboxylic acids is 1. The second kappa shape index (κ2) is 5.35. The summed E-state index contributed by atoms with van der Waals surface area (Å²) in [5.74, 6) is -0.314. The monoisotopic (exact) mass is 264 g/mol. The molecule has 0 atom stereocenters. The van der Waals surface area contributed by atoms with Crippen molar-refractivity contribution in [2.24, 2.45) is 0 Å². The number of hydrogen-bond donors (Lipinski definition) is 2. The molecule has 1 heterocycles. The number of ether oxygens (including phenoxy) is 1. The number of fused-ring (bicyclic) bond motifs is 1. The molecule has 96 valence electrons. The minimum atomic E-state index is -0.314. The number of benzene rings is 1. The molecule has 0 aliphatic carbocycles. The van der Waals surface area contributed by atoms with Gasteiger partial charge >= 0.3 is 5.97 Å². The maximum absolute atomic E-state index is 11.6. The Hall–Kier alpha value is -1.62. The van der Waals surface area contributed by atoms with Gasteiger partial charge in [-0.1, -0.05) is 11.9 Å². The summed E-state index contributed by atoms with van der Waals surface area (Å²) in [7, 11) is 0. The van der Waals surface area contributed by atoms with Crippen molar-refractivity contribution in [2.75, 3.05) is 17.6 Å². The van der Waals surface area contributed by atoms with Crippen molar-refractivity contribution >= 4 is 34.5 Å². The average molecular weight is 264 g/mol. The number of carbonyl (C=O) groups is 1. The van der Waals surface area contributed by atoms with Crippen molar-refractivity contribution < 1.29 is 9.53 Å². The van der Waals surface area contributed by atoms with Gasteiger partial charge in [0.1, 0.15) is 5.69 Å². The van der Waals surface area contributed by atoms with E-state index in [2.05, 4.69) is 9.71 Å². The number of hydrogen-bond acceptors (Lipinski definition) is 4. The van der Waals surface area contributed by atoms with Crippen molar-refractivity contribution in [2.45, 2.75) is 13.8 Å². The third-order valence-corrected chi connectivity index (χ3v) is 3.10. The maximum atomic E-state index is 11.6. The van der Waals surface area contributed by atoms with Gasteiger partial charge in [0.25, 0.3) is 0 Å². The molecule has 0 saturated heterocycles. The Labute approximate surface area is 110 Å². The Balaban J connectivity index is 2.42. The highest BCUT2D eigenvalue weighted by molar-refractivity contribution is 7.99. The van der Waals surface area contributed by atoms with E-state index in [1.807, 2.05) is 31.4 Å². The van der Waals surface area contributed by atoms with E-state index in [0.29, 0.717) is 12.3 Å². The number of rotatable bonds is 4. The lowest BCUT2D eigenvalue weighted by Crippen LogP contribution is -2.04. The van der Waals surface area contributed by atoms with E-state index in [0.717, 1.165) is 22.2 Å². The van der Waals surface area contributed by atoms with Crippen LogP contribution in [0.4, 0.5) is 5.69 Å². The van der Waals surface area contributed by atoms with Crippen LogP contribution in [0.3, 0.4) is 0 Å². The van der Waals surface area contributed by atoms with Crippen LogP contribution in [0.1, 0.15) is 23.0 Å². The summed E-state index contributed by atoms with van der Waals surface area (Å²) in [5.41, 5.74) is 3.62. The highest BCUT2D eigenvalue weighted by Crippen LogP contribution is 2.25. The molecule has 5 heteroatoms. The van der Waals surface area contributed by atoms with Gasteiger partial charge in [-0.05, 0) is 37.6 Å². The molecule has 0 aliphatic heterocycles. The largest absolute Gasteiger partial charge is 0.461 e. The summed E-state index contributed by atoms with van der Waals surface area (Å²) in [6.07, 6.45) is 1.97. The van der Waals surface area contributed by atoms with Gasteiger partial charge in [0.05, 0.1) is 6.61 Å². The zero-order valence-electron chi connectivity index (χ0n) is 10.7. The number of aryl methyl sites for hydroxylation is 1. The Bertz CT molecular complexity index is 578. The number of H-pyrrole nitrogens is 1. The third kappa shape index (κ3) is 2.46. The molecule has 18 heavy (non-hydrogen) atoms. The molecule has 0 amide bonds. The van der Waals surface area contributed by atoms with Crippen molar-refractivity contribution in [1.29, 1.82) is 0 Å². The van der Waals surface area contributed by atoms with Crippen molar-refractivity contribution in [3.05, 3.63) is 29.5 Å². The quantitative estimate of drug-likeness (QED) is 0.657. The Morgan fingerprint density at radius 2 is 2.22 bits per heavy atom. The Morgan fingerprint density at radius 3 is 2.89 bits per heavy atom. The van der Waals surface area contributed by atoms with Gasteiger partial charge in [-0.25, -0.2) is 4.79 Å². The zero-order chi connectivity index (χ0) is 13.1. The fraction of sp³-hybridized carbons (Fsp3) is 0.308. The first-order valence-electron chi connectivity index (χ1n) is 5.75. The van der Waals surface area contributed by atoms with Crippen LogP contribution in [0.25, 0.3) is 10.9 Å². The molecule has 2 rings (SSSR count). The van der Waals surface area contributed by atoms with E-state index in [1.54, 1.807) is 18.9 Å². The number of nitrogens with one attached hydrogen (secondary N) is 2. The van der Waals surface area contributed by atoms with E-state index < -0.39 is 0 Å². The second-order valence-corrected chi connectivity index (χ2v) is 4.58. The van der Waals surface area contributed by atoms with Crippen molar-refractivity contribution in [1.82, 2.24) is 4.98 Å². The number of anilines is 1. The van der Waals surface area contributed by atoms with Crippen LogP contribution in [-0.2, 0) is 4.74 Å². The predicted octanol–water partition coefficient (Wildman–Crippen LogP) is 3.34. The predicted molar refractivity (Wildman–Crippen MR) is 76.1 cm³/mol. The van der Waals surface area contributed by atoms with Crippen LogP contribution in [0.5, 0.6) is 0 Å². The summed E-state index contributed by atoms with van der Waals surface area (Å²) >= 11 is 1.54. The van der Waals surface area contributed by atoms with Crippen LogP contribution in [0.15, 0.2) is 18.2 Å². The number of esters is 1. The van der Waals surface area contributed by atoms with Crippen LogP contribution >= 0.6 is 11.9 Å². The van der Waals surface area contributed by atoms with Crippen molar-refractivity contribution in [3.8, 4) is 0 Å². The molecule has 0 aliphatic rings. The van der Waals surface area contributed by atoms with Gasteiger partial charge in [-0.15, -0.1) is 0 Å². The summed E-state index contributed by atoms with van der Waals surface area (Å²) in [4.78, 5) is 14.7. The Morgan fingerprint density at radius 1 is 1.44 bits per heavy atom. The number of aromatic amines is 1. The Kier molecular flexibility index (Phi) is 3.81. The molecule has 0 spiro atoms. The molecule has 1 aromatic heterocycles. The molecular weight excluding hydrogens is 248 g/mol. The van der Waals surface area contributed by atoms with E-state index in [4.69, 9.17) is 4.74 Å². The molecule has 2 N–H and O–H groups in total. The highest BCUT2D eigenvalue weighted by atomic mass is 32.2. The second-order valence-electron chi connectivity index (χ2n) is 3.96. The van der Waals surface area contributed by atoms with Crippen LogP contribution in [0.2, 0.25) is 0 Å². The SMILES string of the molecule is CCOC(=O)c1cc2cc(C)c(NSC)cc2[nH]1. The fourth-order valence-corrected chi connectivity index (χ4v) is 2.27. The molecule has 0 fully saturated rings. The molecule has 0 unspecified atom stereocenters. The van der Waals surface area contributed by atoms with E-state index in [1.165, 1.54) is 0 Å². The molecular formula is C13H16N2O2S. The van der Waals surface area contributed by atoms with Gasteiger partial charge in [-0.3, -0.25) is 0 Å². The molecule has 4 nitrogen and oxygen atoms in total. The standard InChI is InChI=1S/C13H16N2O2S/c1-4-17-13(16)12-6-9-5-8(2)10(15-18-3)7-11(9)14-12/h5-7,14-15H,4H2,1-3H3. The topological polar surface area (TPSA) is 54.1 Å². The number of aromatic nitrogens is 1. The summed E-state index contributed by atoms with van der Waals surface area (Å²) in [6, 6.07) is 5.88.